The number of amides is 1. The summed E-state index contributed by atoms with van der Waals surface area (Å²) in [7, 11) is 0. The summed E-state index contributed by atoms with van der Waals surface area (Å²) in [6.07, 6.45) is 0. The highest BCUT2D eigenvalue weighted by Crippen LogP contribution is 2.28. The summed E-state index contributed by atoms with van der Waals surface area (Å²) in [4.78, 5) is 22.0. The predicted molar refractivity (Wildman–Crippen MR) is 88.1 cm³/mol. The molecule has 0 aliphatic heterocycles. The zero-order valence-electron chi connectivity index (χ0n) is 12.6. The van der Waals surface area contributed by atoms with Gasteiger partial charge in [0.15, 0.2) is 6.61 Å². The van der Waals surface area contributed by atoms with Crippen molar-refractivity contribution in [3.05, 3.63) is 62.7 Å². The number of non-ortho nitro benzene ring substituents is 1. The summed E-state index contributed by atoms with van der Waals surface area (Å²) < 4.78 is 5.30. The first-order valence-electron chi connectivity index (χ1n) is 6.80. The second-order valence-electron chi connectivity index (χ2n) is 5.09. The van der Waals surface area contributed by atoms with Gasteiger partial charge in [0.2, 0.25) is 0 Å². The Morgan fingerprint density at radius 2 is 1.87 bits per heavy atom. The second-order valence-corrected chi connectivity index (χ2v) is 5.49. The molecule has 0 unspecified atom stereocenters. The van der Waals surface area contributed by atoms with E-state index in [1.54, 1.807) is 0 Å². The molecular weight excluding hydrogens is 320 g/mol. The lowest BCUT2D eigenvalue weighted by atomic mass is 10.1. The van der Waals surface area contributed by atoms with Crippen LogP contribution in [0.25, 0.3) is 0 Å². The van der Waals surface area contributed by atoms with E-state index in [0.717, 1.165) is 11.1 Å². The van der Waals surface area contributed by atoms with Gasteiger partial charge in [-0.25, -0.2) is 0 Å². The summed E-state index contributed by atoms with van der Waals surface area (Å²) >= 11 is 5.90. The van der Waals surface area contributed by atoms with E-state index in [9.17, 15) is 14.9 Å². The molecule has 0 atom stereocenters. The molecule has 1 amide bonds. The van der Waals surface area contributed by atoms with Crippen molar-refractivity contribution in [3.8, 4) is 5.75 Å². The molecule has 0 fully saturated rings. The minimum Gasteiger partial charge on any atom is -0.482 e. The van der Waals surface area contributed by atoms with Crippen molar-refractivity contribution >= 4 is 28.9 Å². The van der Waals surface area contributed by atoms with Gasteiger partial charge in [0.25, 0.3) is 11.6 Å². The molecule has 0 saturated carbocycles. The predicted octanol–water partition coefficient (Wildman–Crippen LogP) is 3.88. The first-order chi connectivity index (χ1) is 10.8. The van der Waals surface area contributed by atoms with Crippen LogP contribution in [0.15, 0.2) is 36.4 Å². The molecule has 0 aromatic heterocycles. The van der Waals surface area contributed by atoms with Gasteiger partial charge in [-0.1, -0.05) is 17.7 Å². The van der Waals surface area contributed by atoms with E-state index in [2.05, 4.69) is 5.32 Å². The topological polar surface area (TPSA) is 81.5 Å². The number of rotatable bonds is 5. The van der Waals surface area contributed by atoms with E-state index >= 15 is 0 Å². The maximum atomic E-state index is 11.9. The van der Waals surface area contributed by atoms with E-state index in [4.69, 9.17) is 16.3 Å². The molecule has 1 N–H and O–H groups in total. The minimum atomic E-state index is -0.553. The van der Waals surface area contributed by atoms with Crippen LogP contribution in [-0.2, 0) is 4.79 Å². The van der Waals surface area contributed by atoms with Gasteiger partial charge < -0.3 is 10.1 Å². The molecule has 0 aliphatic rings. The number of hydrogen-bond acceptors (Lipinski definition) is 4. The fraction of sp³-hybridized carbons (Fsp3) is 0.188. The van der Waals surface area contributed by atoms with Gasteiger partial charge in [0.05, 0.1) is 9.95 Å². The quantitative estimate of drug-likeness (QED) is 0.664. The Kier molecular flexibility index (Phi) is 5.18. The van der Waals surface area contributed by atoms with Crippen LogP contribution in [0.5, 0.6) is 5.75 Å². The standard InChI is InChI=1S/C16H15ClN2O4/c1-10-5-11(2)7-12(6-10)18-16(20)9-23-15-4-3-13(19(21)22)8-14(15)17/h3-8H,9H2,1-2H3,(H,18,20). The fourth-order valence-electron chi connectivity index (χ4n) is 2.11. The van der Waals surface area contributed by atoms with Crippen molar-refractivity contribution in [1.82, 2.24) is 0 Å². The van der Waals surface area contributed by atoms with Crippen molar-refractivity contribution in [1.29, 1.82) is 0 Å². The number of hydrogen-bond donors (Lipinski definition) is 1. The van der Waals surface area contributed by atoms with Crippen LogP contribution in [0, 0.1) is 24.0 Å². The lowest BCUT2D eigenvalue weighted by Gasteiger charge is -2.10. The molecular formula is C16H15ClN2O4. The number of carbonyl (C=O) groups is 1. The summed E-state index contributed by atoms with van der Waals surface area (Å²) in [5, 5.41) is 13.4. The van der Waals surface area contributed by atoms with E-state index in [-0.39, 0.29) is 29.0 Å². The van der Waals surface area contributed by atoms with E-state index in [0.29, 0.717) is 5.69 Å². The molecule has 120 valence electrons. The smallest absolute Gasteiger partial charge is 0.271 e. The van der Waals surface area contributed by atoms with Gasteiger partial charge in [0.1, 0.15) is 5.75 Å². The van der Waals surface area contributed by atoms with Crippen LogP contribution in [0.1, 0.15) is 11.1 Å². The monoisotopic (exact) mass is 334 g/mol. The number of benzene rings is 2. The SMILES string of the molecule is Cc1cc(C)cc(NC(=O)COc2ccc([N+](=O)[O-])cc2Cl)c1. The largest absolute Gasteiger partial charge is 0.482 e. The third kappa shape index (κ3) is 4.69. The van der Waals surface area contributed by atoms with Gasteiger partial charge in [-0.15, -0.1) is 0 Å². The second kappa shape index (κ2) is 7.11. The number of aryl methyl sites for hydroxylation is 2. The average molecular weight is 335 g/mol. The molecule has 2 aromatic carbocycles. The Bertz CT molecular complexity index is 741. The molecule has 0 radical (unpaired) electrons. The summed E-state index contributed by atoms with van der Waals surface area (Å²) in [5.41, 5.74) is 2.63. The van der Waals surface area contributed by atoms with Crippen LogP contribution in [-0.4, -0.2) is 17.4 Å². The van der Waals surface area contributed by atoms with Gasteiger partial charge in [-0.05, 0) is 43.2 Å². The number of carbonyl (C=O) groups excluding carboxylic acids is 1. The molecule has 2 aromatic rings. The van der Waals surface area contributed by atoms with Crippen LogP contribution < -0.4 is 10.1 Å². The first kappa shape index (κ1) is 16.8. The molecule has 0 bridgehead atoms. The minimum absolute atomic E-state index is 0.0819. The van der Waals surface area contributed by atoms with Gasteiger partial charge in [-0.2, -0.15) is 0 Å². The summed E-state index contributed by atoms with van der Waals surface area (Å²) in [5.74, 6) is -0.128. The molecule has 23 heavy (non-hydrogen) atoms. The van der Waals surface area contributed by atoms with Crippen LogP contribution in [0.2, 0.25) is 5.02 Å². The van der Waals surface area contributed by atoms with Gasteiger partial charge in [-0.3, -0.25) is 14.9 Å². The Morgan fingerprint density at radius 1 is 1.22 bits per heavy atom. The Labute approximate surface area is 138 Å². The Hall–Kier alpha value is -2.60. The maximum Gasteiger partial charge on any atom is 0.271 e. The third-order valence-electron chi connectivity index (χ3n) is 2.99. The molecule has 6 nitrogen and oxygen atoms in total. The van der Waals surface area contributed by atoms with Crippen molar-refractivity contribution in [2.75, 3.05) is 11.9 Å². The Morgan fingerprint density at radius 3 is 2.43 bits per heavy atom. The van der Waals surface area contributed by atoms with E-state index in [1.807, 2.05) is 32.0 Å². The molecule has 0 heterocycles. The summed E-state index contributed by atoms with van der Waals surface area (Å²) in [6, 6.07) is 9.52. The number of nitro benzene ring substituents is 1. The van der Waals surface area contributed by atoms with Gasteiger partial charge >= 0.3 is 0 Å². The van der Waals surface area contributed by atoms with Crippen molar-refractivity contribution < 1.29 is 14.5 Å². The highest BCUT2D eigenvalue weighted by atomic mass is 35.5. The number of halogens is 1. The van der Waals surface area contributed by atoms with Crippen molar-refractivity contribution in [3.63, 3.8) is 0 Å². The van der Waals surface area contributed by atoms with Crippen LogP contribution in [0.4, 0.5) is 11.4 Å². The van der Waals surface area contributed by atoms with Crippen LogP contribution >= 0.6 is 11.6 Å². The zero-order valence-corrected chi connectivity index (χ0v) is 13.4. The zero-order chi connectivity index (χ0) is 17.0. The fourth-order valence-corrected chi connectivity index (χ4v) is 2.34. The summed E-state index contributed by atoms with van der Waals surface area (Å²) in [6.45, 7) is 3.64. The molecule has 7 heteroatoms. The Balaban J connectivity index is 1.98. The third-order valence-corrected chi connectivity index (χ3v) is 3.29. The average Bonchev–Trinajstić information content (AvgIpc) is 2.44. The molecule has 0 spiro atoms. The lowest BCUT2D eigenvalue weighted by Crippen LogP contribution is -2.20. The molecule has 0 saturated heterocycles. The lowest BCUT2D eigenvalue weighted by molar-refractivity contribution is -0.384. The number of nitrogens with one attached hydrogen (secondary N) is 1. The van der Waals surface area contributed by atoms with Crippen LogP contribution in [0.3, 0.4) is 0 Å². The van der Waals surface area contributed by atoms with E-state index < -0.39 is 4.92 Å². The van der Waals surface area contributed by atoms with Crippen molar-refractivity contribution in [2.45, 2.75) is 13.8 Å². The number of ether oxygens (including phenoxy) is 1. The maximum absolute atomic E-state index is 11.9. The molecule has 2 rings (SSSR count). The number of anilines is 1. The van der Waals surface area contributed by atoms with Gasteiger partial charge in [0, 0.05) is 17.8 Å². The molecule has 0 aliphatic carbocycles. The number of nitro groups is 1. The van der Waals surface area contributed by atoms with E-state index in [1.165, 1.54) is 18.2 Å². The normalized spacial score (nSPS) is 10.2. The highest BCUT2D eigenvalue weighted by molar-refractivity contribution is 6.32. The number of nitrogens with zero attached hydrogens (tertiary/aromatic N) is 1. The highest BCUT2D eigenvalue weighted by Gasteiger charge is 2.12. The van der Waals surface area contributed by atoms with Crippen molar-refractivity contribution in [2.24, 2.45) is 0 Å². The first-order valence-corrected chi connectivity index (χ1v) is 7.18.